The lowest BCUT2D eigenvalue weighted by atomic mass is 10.3. The van der Waals surface area contributed by atoms with E-state index in [2.05, 4.69) is 15.0 Å². The molecule has 2 aromatic rings. The first-order valence-electron chi connectivity index (χ1n) is 6.19. The monoisotopic (exact) mass is 325 g/mol. The third-order valence-corrected chi connectivity index (χ3v) is 5.54. The minimum atomic E-state index is -3.62. The number of amides is 1. The molecule has 0 saturated heterocycles. The van der Waals surface area contributed by atoms with E-state index in [-0.39, 0.29) is 16.7 Å². The molecule has 0 aliphatic heterocycles. The maximum Gasteiger partial charge on any atom is 0.250 e. The molecule has 0 atom stereocenters. The van der Waals surface area contributed by atoms with Gasteiger partial charge in [-0.25, -0.2) is 13.1 Å². The van der Waals surface area contributed by atoms with Crippen molar-refractivity contribution in [2.45, 2.75) is 17.7 Å². The van der Waals surface area contributed by atoms with Crippen LogP contribution in [-0.2, 0) is 21.4 Å². The Morgan fingerprint density at radius 1 is 1.24 bits per heavy atom. The minimum Gasteiger partial charge on any atom is -0.351 e. The molecule has 2 aromatic heterocycles. The number of carbonyl (C=O) groups is 1. The first kappa shape index (κ1) is 15.6. The lowest BCUT2D eigenvalue weighted by Crippen LogP contribution is -2.36. The van der Waals surface area contributed by atoms with Crippen molar-refractivity contribution in [3.05, 3.63) is 47.1 Å². The first-order valence-corrected chi connectivity index (χ1v) is 8.49. The second-order valence-corrected chi connectivity index (χ2v) is 7.60. The maximum absolute atomic E-state index is 11.9. The van der Waals surface area contributed by atoms with Crippen LogP contribution in [0.15, 0.2) is 40.9 Å². The van der Waals surface area contributed by atoms with Gasteiger partial charge in [0.1, 0.15) is 4.21 Å². The summed E-state index contributed by atoms with van der Waals surface area (Å²) in [5.41, 5.74) is 0.898. The van der Waals surface area contributed by atoms with E-state index in [1.54, 1.807) is 30.6 Å². The second-order valence-electron chi connectivity index (χ2n) is 4.32. The number of carbonyl (C=O) groups excluding carboxylic acids is 1. The summed E-state index contributed by atoms with van der Waals surface area (Å²) >= 11 is 1.17. The highest BCUT2D eigenvalue weighted by molar-refractivity contribution is 7.91. The molecule has 112 valence electrons. The molecular weight excluding hydrogens is 310 g/mol. The highest BCUT2D eigenvalue weighted by Crippen LogP contribution is 2.19. The van der Waals surface area contributed by atoms with Crippen LogP contribution in [0.1, 0.15) is 10.4 Å². The van der Waals surface area contributed by atoms with Gasteiger partial charge >= 0.3 is 0 Å². The van der Waals surface area contributed by atoms with Crippen molar-refractivity contribution in [2.24, 2.45) is 0 Å². The minimum absolute atomic E-state index is 0.210. The van der Waals surface area contributed by atoms with Gasteiger partial charge in [0.05, 0.1) is 6.54 Å². The van der Waals surface area contributed by atoms with E-state index in [0.717, 1.165) is 10.4 Å². The van der Waals surface area contributed by atoms with Gasteiger partial charge < -0.3 is 5.32 Å². The summed E-state index contributed by atoms with van der Waals surface area (Å²) in [6, 6.07) is 6.80. The summed E-state index contributed by atoms with van der Waals surface area (Å²) < 4.78 is 26.4. The van der Waals surface area contributed by atoms with Crippen molar-refractivity contribution in [1.29, 1.82) is 0 Å². The molecule has 0 unspecified atom stereocenters. The predicted molar refractivity (Wildman–Crippen MR) is 80.3 cm³/mol. The van der Waals surface area contributed by atoms with E-state index in [4.69, 9.17) is 0 Å². The normalized spacial score (nSPS) is 11.3. The van der Waals surface area contributed by atoms with E-state index in [1.165, 1.54) is 17.4 Å². The quantitative estimate of drug-likeness (QED) is 0.831. The zero-order valence-corrected chi connectivity index (χ0v) is 13.0. The molecule has 0 fully saturated rings. The Hall–Kier alpha value is -1.77. The molecule has 0 aliphatic rings. The van der Waals surface area contributed by atoms with Gasteiger partial charge in [-0.05, 0) is 36.8 Å². The van der Waals surface area contributed by atoms with E-state index in [0.29, 0.717) is 6.54 Å². The molecule has 0 bridgehead atoms. The lowest BCUT2D eigenvalue weighted by Gasteiger charge is -2.06. The van der Waals surface area contributed by atoms with Crippen molar-refractivity contribution in [2.75, 3.05) is 6.54 Å². The highest BCUT2D eigenvalue weighted by atomic mass is 32.2. The first-order chi connectivity index (χ1) is 9.97. The number of hydrogen-bond acceptors (Lipinski definition) is 5. The lowest BCUT2D eigenvalue weighted by molar-refractivity contribution is -0.120. The van der Waals surface area contributed by atoms with Crippen LogP contribution >= 0.6 is 11.3 Å². The summed E-state index contributed by atoms with van der Waals surface area (Å²) in [6.07, 6.45) is 3.26. The largest absolute Gasteiger partial charge is 0.351 e. The molecule has 2 N–H and O–H groups in total. The summed E-state index contributed by atoms with van der Waals surface area (Å²) in [5.74, 6) is -0.385. The third-order valence-electron chi connectivity index (χ3n) is 2.64. The van der Waals surface area contributed by atoms with E-state index in [9.17, 15) is 13.2 Å². The molecule has 0 radical (unpaired) electrons. The number of aryl methyl sites for hydroxylation is 1. The van der Waals surface area contributed by atoms with Gasteiger partial charge in [0.2, 0.25) is 5.91 Å². The van der Waals surface area contributed by atoms with Crippen LogP contribution in [-0.4, -0.2) is 25.9 Å². The number of thiophene rings is 1. The standard InChI is InChI=1S/C13H15N3O3S2/c1-10-2-3-13(20-10)21(18,19)16-9-12(17)15-8-11-4-6-14-7-5-11/h2-7,16H,8-9H2,1H3,(H,15,17). The number of pyridine rings is 1. The van der Waals surface area contributed by atoms with Crippen LogP contribution in [0.2, 0.25) is 0 Å². The van der Waals surface area contributed by atoms with Crippen LogP contribution in [0.5, 0.6) is 0 Å². The van der Waals surface area contributed by atoms with Gasteiger partial charge in [0.15, 0.2) is 0 Å². The van der Waals surface area contributed by atoms with Gasteiger partial charge in [-0.15, -0.1) is 11.3 Å². The smallest absolute Gasteiger partial charge is 0.250 e. The van der Waals surface area contributed by atoms with Crippen LogP contribution in [0.4, 0.5) is 0 Å². The third kappa shape index (κ3) is 4.62. The fourth-order valence-corrected chi connectivity index (χ4v) is 3.86. The molecule has 8 heteroatoms. The van der Waals surface area contributed by atoms with Gasteiger partial charge in [0, 0.05) is 23.8 Å². The Labute approximate surface area is 127 Å². The summed E-state index contributed by atoms with van der Waals surface area (Å²) in [7, 11) is -3.62. The Bertz CT molecular complexity index is 711. The molecular formula is C13H15N3O3S2. The Morgan fingerprint density at radius 2 is 1.95 bits per heavy atom. The van der Waals surface area contributed by atoms with Crippen LogP contribution < -0.4 is 10.0 Å². The molecule has 21 heavy (non-hydrogen) atoms. The van der Waals surface area contributed by atoms with E-state index < -0.39 is 10.0 Å². The number of sulfonamides is 1. The molecule has 0 aliphatic carbocycles. The van der Waals surface area contributed by atoms with Crippen LogP contribution in [0.3, 0.4) is 0 Å². The SMILES string of the molecule is Cc1ccc(S(=O)(=O)NCC(=O)NCc2ccncc2)s1. The van der Waals surface area contributed by atoms with Crippen LogP contribution in [0, 0.1) is 6.92 Å². The number of nitrogens with zero attached hydrogens (tertiary/aromatic N) is 1. The molecule has 0 aromatic carbocycles. The molecule has 2 rings (SSSR count). The van der Waals surface area contributed by atoms with E-state index >= 15 is 0 Å². The topological polar surface area (TPSA) is 88.2 Å². The average Bonchev–Trinajstić information content (AvgIpc) is 2.92. The average molecular weight is 325 g/mol. The molecule has 1 amide bonds. The predicted octanol–water partition coefficient (Wildman–Crippen LogP) is 1.05. The fourth-order valence-electron chi connectivity index (χ4n) is 1.55. The molecule has 0 spiro atoms. The Balaban J connectivity index is 1.84. The second kappa shape index (κ2) is 6.79. The van der Waals surface area contributed by atoms with Gasteiger partial charge in [-0.2, -0.15) is 0 Å². The maximum atomic E-state index is 11.9. The van der Waals surface area contributed by atoms with Crippen molar-refractivity contribution in [1.82, 2.24) is 15.0 Å². The Kier molecular flexibility index (Phi) is 5.05. The number of nitrogens with one attached hydrogen (secondary N) is 2. The number of aromatic nitrogens is 1. The van der Waals surface area contributed by atoms with Gasteiger partial charge in [0.25, 0.3) is 10.0 Å². The zero-order chi connectivity index (χ0) is 15.3. The summed E-state index contributed by atoms with van der Waals surface area (Å²) in [6.45, 7) is 1.87. The highest BCUT2D eigenvalue weighted by Gasteiger charge is 2.17. The zero-order valence-electron chi connectivity index (χ0n) is 11.4. The number of rotatable bonds is 6. The van der Waals surface area contributed by atoms with Crippen molar-refractivity contribution >= 4 is 27.3 Å². The van der Waals surface area contributed by atoms with Crippen molar-refractivity contribution in [3.63, 3.8) is 0 Å². The Morgan fingerprint density at radius 3 is 2.57 bits per heavy atom. The number of hydrogen-bond donors (Lipinski definition) is 2. The van der Waals surface area contributed by atoms with Crippen LogP contribution in [0.25, 0.3) is 0 Å². The summed E-state index contributed by atoms with van der Waals surface area (Å²) in [4.78, 5) is 16.4. The van der Waals surface area contributed by atoms with E-state index in [1.807, 2.05) is 6.92 Å². The van der Waals surface area contributed by atoms with Crippen molar-refractivity contribution in [3.8, 4) is 0 Å². The molecule has 0 saturated carbocycles. The molecule has 2 heterocycles. The fraction of sp³-hybridized carbons (Fsp3) is 0.231. The molecule has 6 nitrogen and oxygen atoms in total. The summed E-state index contributed by atoms with van der Waals surface area (Å²) in [5, 5.41) is 2.64. The van der Waals surface area contributed by atoms with Crippen molar-refractivity contribution < 1.29 is 13.2 Å². The van der Waals surface area contributed by atoms with Gasteiger partial charge in [-0.1, -0.05) is 0 Å². The van der Waals surface area contributed by atoms with Gasteiger partial charge in [-0.3, -0.25) is 9.78 Å².